The fourth-order valence-electron chi connectivity index (χ4n) is 2.51. The van der Waals surface area contributed by atoms with Gasteiger partial charge in [-0.25, -0.2) is 0 Å². The first kappa shape index (κ1) is 18.1. The van der Waals surface area contributed by atoms with Gasteiger partial charge in [0.2, 0.25) is 0 Å². The van der Waals surface area contributed by atoms with Crippen LogP contribution in [0.5, 0.6) is 0 Å². The Morgan fingerprint density at radius 1 is 0.824 bits per heavy atom. The minimum absolute atomic E-state index is 1.24. The summed E-state index contributed by atoms with van der Waals surface area (Å²) < 4.78 is 0. The van der Waals surface area contributed by atoms with Gasteiger partial charge in [-0.15, -0.1) is 0 Å². The molecule has 0 heterocycles. The number of rotatable bonds is 11. The van der Waals surface area contributed by atoms with Crippen molar-refractivity contribution in [1.82, 2.24) is 0 Å². The molecule has 0 N–H and O–H groups in total. The van der Waals surface area contributed by atoms with Crippen molar-refractivity contribution < 1.29 is 0 Å². The molecule has 0 amide bonds. The summed E-state index contributed by atoms with van der Waals surface area (Å²) in [6.07, 6.45) is 14.1. The zero-order valence-electron chi connectivity index (χ0n) is 12.3. The Morgan fingerprint density at radius 3 is 1.41 bits per heavy atom. The third kappa shape index (κ3) is 6.69. The van der Waals surface area contributed by atoms with Crippen LogP contribution in [0.15, 0.2) is 0 Å². The molecule has 3 heteroatoms. The van der Waals surface area contributed by atoms with E-state index < -0.39 is 5.96 Å². The molecule has 0 aliphatic heterocycles. The van der Waals surface area contributed by atoms with Gasteiger partial charge in [-0.05, 0) is 0 Å². The standard InChI is InChI=1S/C14H32ClPS/c1-5-8-11-16(15,14-17-4,12-9-6-2)13-10-7-3/h5-14H2,1-4H3. The Labute approximate surface area is 118 Å². The maximum absolute atomic E-state index is 7.34. The third-order valence-corrected chi connectivity index (χ3v) is 14.0. The number of hydrogen-bond acceptors (Lipinski definition) is 1. The zero-order chi connectivity index (χ0) is 13.2. The van der Waals surface area contributed by atoms with Gasteiger partial charge in [-0.2, -0.15) is 0 Å². The number of unbranched alkanes of at least 4 members (excludes halogenated alkanes) is 3. The van der Waals surface area contributed by atoms with Gasteiger partial charge in [0.1, 0.15) is 0 Å². The summed E-state index contributed by atoms with van der Waals surface area (Å²) >= 11 is 9.33. The molecule has 0 rings (SSSR count). The normalized spacial score (nSPS) is 14.5. The first-order valence-electron chi connectivity index (χ1n) is 7.25. The van der Waals surface area contributed by atoms with E-state index in [-0.39, 0.29) is 0 Å². The van der Waals surface area contributed by atoms with E-state index in [1.807, 2.05) is 11.8 Å². The van der Waals surface area contributed by atoms with Crippen LogP contribution in [-0.4, -0.2) is 30.2 Å². The van der Waals surface area contributed by atoms with E-state index in [4.69, 9.17) is 11.2 Å². The van der Waals surface area contributed by atoms with Gasteiger partial charge >= 0.3 is 118 Å². The van der Waals surface area contributed by atoms with Crippen LogP contribution in [0.25, 0.3) is 0 Å². The van der Waals surface area contributed by atoms with Gasteiger partial charge in [0, 0.05) is 0 Å². The fourth-order valence-corrected chi connectivity index (χ4v) is 12.6. The SMILES string of the molecule is CCCCP(Cl)(CCCC)(CCCC)CSC. The second kappa shape index (κ2) is 9.05. The first-order valence-corrected chi connectivity index (χ1v) is 12.5. The second-order valence-electron chi connectivity index (χ2n) is 5.47. The molecule has 17 heavy (non-hydrogen) atoms. The number of hydrogen-bond donors (Lipinski definition) is 0. The fraction of sp³-hybridized carbons (Fsp3) is 1.00. The summed E-state index contributed by atoms with van der Waals surface area (Å²) in [5.74, 6) is -1.90. The van der Waals surface area contributed by atoms with Crippen molar-refractivity contribution >= 4 is 29.0 Å². The average molecular weight is 299 g/mol. The molecular weight excluding hydrogens is 267 g/mol. The molecule has 0 aromatic carbocycles. The monoisotopic (exact) mass is 298 g/mol. The Bertz CT molecular complexity index is 172. The molecule has 0 aromatic rings. The molecule has 0 fully saturated rings. The van der Waals surface area contributed by atoms with Crippen molar-refractivity contribution in [3.8, 4) is 0 Å². The van der Waals surface area contributed by atoms with Crippen LogP contribution in [0.1, 0.15) is 59.3 Å². The molecule has 0 aliphatic carbocycles. The summed E-state index contributed by atoms with van der Waals surface area (Å²) in [6.45, 7) is 6.87. The molecule has 0 spiro atoms. The maximum atomic E-state index is 7.34. The molecule has 0 saturated heterocycles. The van der Waals surface area contributed by atoms with Crippen molar-refractivity contribution in [2.45, 2.75) is 59.3 Å². The minimum atomic E-state index is -1.90. The summed E-state index contributed by atoms with van der Waals surface area (Å²) in [6, 6.07) is 0. The molecule has 0 radical (unpaired) electrons. The van der Waals surface area contributed by atoms with Crippen LogP contribution in [0.2, 0.25) is 0 Å². The van der Waals surface area contributed by atoms with E-state index >= 15 is 0 Å². The topological polar surface area (TPSA) is 0 Å². The van der Waals surface area contributed by atoms with E-state index in [0.717, 1.165) is 0 Å². The van der Waals surface area contributed by atoms with Crippen molar-refractivity contribution in [3.05, 3.63) is 0 Å². The molecule has 0 bridgehead atoms. The predicted molar refractivity (Wildman–Crippen MR) is 90.5 cm³/mol. The molecule has 106 valence electrons. The van der Waals surface area contributed by atoms with E-state index in [1.165, 1.54) is 62.5 Å². The molecule has 0 atom stereocenters. The van der Waals surface area contributed by atoms with E-state index in [0.29, 0.717) is 0 Å². The molecule has 0 aliphatic rings. The van der Waals surface area contributed by atoms with Crippen LogP contribution >= 0.6 is 29.0 Å². The van der Waals surface area contributed by atoms with Crippen molar-refractivity contribution in [2.75, 3.05) is 30.2 Å². The van der Waals surface area contributed by atoms with E-state index in [9.17, 15) is 0 Å². The third-order valence-electron chi connectivity index (χ3n) is 3.66. The Morgan fingerprint density at radius 2 is 1.18 bits per heavy atom. The van der Waals surface area contributed by atoms with Crippen LogP contribution < -0.4 is 0 Å². The molecule has 0 saturated carbocycles. The Hall–Kier alpha value is 1.07. The van der Waals surface area contributed by atoms with Crippen molar-refractivity contribution in [1.29, 1.82) is 0 Å². The summed E-state index contributed by atoms with van der Waals surface area (Å²) in [4.78, 5) is 0. The summed E-state index contributed by atoms with van der Waals surface area (Å²) in [5.41, 5.74) is 1.24. The van der Waals surface area contributed by atoms with Crippen LogP contribution in [0.4, 0.5) is 0 Å². The van der Waals surface area contributed by atoms with Crippen molar-refractivity contribution in [3.63, 3.8) is 0 Å². The number of halogens is 1. The predicted octanol–water partition coefficient (Wildman–Crippen LogP) is 6.41. The first-order chi connectivity index (χ1) is 8.04. The van der Waals surface area contributed by atoms with Crippen LogP contribution in [0.3, 0.4) is 0 Å². The van der Waals surface area contributed by atoms with Crippen LogP contribution in [-0.2, 0) is 0 Å². The summed E-state index contributed by atoms with van der Waals surface area (Å²) in [5, 5.41) is 0. The number of thioether (sulfide) groups is 1. The van der Waals surface area contributed by atoms with Gasteiger partial charge < -0.3 is 0 Å². The zero-order valence-corrected chi connectivity index (χ0v) is 14.8. The summed E-state index contributed by atoms with van der Waals surface area (Å²) in [7, 11) is 0. The molecular formula is C14H32ClPS. The van der Waals surface area contributed by atoms with E-state index in [1.54, 1.807) is 0 Å². The molecule has 0 nitrogen and oxygen atoms in total. The van der Waals surface area contributed by atoms with Gasteiger partial charge in [-0.1, -0.05) is 0 Å². The second-order valence-corrected chi connectivity index (χ2v) is 14.9. The van der Waals surface area contributed by atoms with Crippen LogP contribution in [0, 0.1) is 0 Å². The van der Waals surface area contributed by atoms with Gasteiger partial charge in [0.05, 0.1) is 0 Å². The Kier molecular flexibility index (Phi) is 9.62. The average Bonchev–Trinajstić information content (AvgIpc) is 2.33. The Balaban J connectivity index is 4.76. The van der Waals surface area contributed by atoms with Crippen molar-refractivity contribution in [2.24, 2.45) is 0 Å². The van der Waals surface area contributed by atoms with Gasteiger partial charge in [-0.3, -0.25) is 0 Å². The quantitative estimate of drug-likeness (QED) is 0.397. The van der Waals surface area contributed by atoms with Gasteiger partial charge in [0.15, 0.2) is 0 Å². The molecule has 0 unspecified atom stereocenters. The van der Waals surface area contributed by atoms with E-state index in [2.05, 4.69) is 27.0 Å². The van der Waals surface area contributed by atoms with Gasteiger partial charge in [0.25, 0.3) is 0 Å². The molecule has 0 aromatic heterocycles.